The second kappa shape index (κ2) is 4.38. The first kappa shape index (κ1) is 11.9. The predicted octanol–water partition coefficient (Wildman–Crippen LogP) is 0.982. The van der Waals surface area contributed by atoms with Gasteiger partial charge in [0.05, 0.1) is 0 Å². The zero-order valence-corrected chi connectivity index (χ0v) is 10.5. The number of hydrogen-bond donors (Lipinski definition) is 1. The maximum absolute atomic E-state index is 12.0. The van der Waals surface area contributed by atoms with Crippen LogP contribution in [-0.4, -0.2) is 42.1 Å². The van der Waals surface area contributed by atoms with Crippen molar-refractivity contribution in [3.8, 4) is 0 Å². The van der Waals surface area contributed by atoms with E-state index in [1.54, 1.807) is 0 Å². The fourth-order valence-corrected chi connectivity index (χ4v) is 2.37. The molecular weight excluding hydrogens is 238 g/mol. The second-order valence-corrected chi connectivity index (χ2v) is 5.18. The first-order valence-corrected chi connectivity index (χ1v) is 6.01. The molecule has 0 aliphatic heterocycles. The minimum absolute atomic E-state index is 0.164. The van der Waals surface area contributed by atoms with Gasteiger partial charge in [-0.15, -0.1) is 0 Å². The number of Topliss-reactive ketones (excluding diaryl/α,β-unsaturated/α-hetero) is 1. The maximum Gasteiger partial charge on any atom is 0.209 e. The summed E-state index contributed by atoms with van der Waals surface area (Å²) >= 11 is 1.07. The van der Waals surface area contributed by atoms with Crippen LogP contribution in [0.25, 0.3) is 0 Å². The summed E-state index contributed by atoms with van der Waals surface area (Å²) in [6.45, 7) is 0.722. The lowest BCUT2D eigenvalue weighted by molar-refractivity contribution is 0.0980. The molecule has 1 aliphatic carbocycles. The molecule has 1 aromatic heterocycles. The molecular formula is C11H13N3O2S. The molecule has 5 nitrogen and oxygen atoms in total. The largest absolute Gasteiger partial charge is 0.375 e. The first-order valence-electron chi connectivity index (χ1n) is 5.19. The average Bonchev–Trinajstić information content (AvgIpc) is 2.64. The Morgan fingerprint density at radius 1 is 1.41 bits per heavy atom. The Balaban J connectivity index is 2.28. The lowest BCUT2D eigenvalue weighted by Crippen LogP contribution is -2.20. The number of anilines is 1. The quantitative estimate of drug-likeness (QED) is 0.866. The zero-order chi connectivity index (χ0) is 12.6. The van der Waals surface area contributed by atoms with Crippen LogP contribution in [0.4, 0.5) is 5.13 Å². The third-order valence-corrected chi connectivity index (χ3v) is 3.41. The molecule has 1 aliphatic rings. The summed E-state index contributed by atoms with van der Waals surface area (Å²) in [7, 11) is 3.84. The highest BCUT2D eigenvalue weighted by Crippen LogP contribution is 2.28. The molecule has 1 aromatic rings. The van der Waals surface area contributed by atoms with Crippen molar-refractivity contribution in [2.75, 3.05) is 26.4 Å². The van der Waals surface area contributed by atoms with E-state index < -0.39 is 0 Å². The van der Waals surface area contributed by atoms with Crippen molar-refractivity contribution in [3.63, 3.8) is 0 Å². The van der Waals surface area contributed by atoms with E-state index in [1.165, 1.54) is 6.08 Å². The van der Waals surface area contributed by atoms with Gasteiger partial charge in [0.25, 0.3) is 0 Å². The van der Waals surface area contributed by atoms with Crippen LogP contribution in [0, 0.1) is 0 Å². The van der Waals surface area contributed by atoms with Gasteiger partial charge in [0.2, 0.25) is 5.78 Å². The highest BCUT2D eigenvalue weighted by atomic mass is 32.1. The normalized spacial score (nSPS) is 15.1. The van der Waals surface area contributed by atoms with Crippen LogP contribution in [0.3, 0.4) is 0 Å². The molecule has 2 rings (SSSR count). The summed E-state index contributed by atoms with van der Waals surface area (Å²) in [5.74, 6) is -0.336. The van der Waals surface area contributed by atoms with Gasteiger partial charge in [0.15, 0.2) is 10.9 Å². The van der Waals surface area contributed by atoms with E-state index in [2.05, 4.69) is 4.98 Å². The number of carbonyl (C=O) groups excluding carboxylic acids is 2. The minimum atomic E-state index is -0.172. The Kier molecular flexibility index (Phi) is 3.08. The summed E-state index contributed by atoms with van der Waals surface area (Å²) in [5, 5.41) is 0.263. The van der Waals surface area contributed by atoms with E-state index in [0.29, 0.717) is 16.9 Å². The first-order chi connectivity index (χ1) is 7.99. The van der Waals surface area contributed by atoms with E-state index >= 15 is 0 Å². The third-order valence-electron chi connectivity index (χ3n) is 2.51. The highest BCUT2D eigenvalue weighted by Gasteiger charge is 2.29. The number of thiazole rings is 1. The zero-order valence-electron chi connectivity index (χ0n) is 9.69. The number of ketones is 2. The Morgan fingerprint density at radius 3 is 2.76 bits per heavy atom. The van der Waals surface area contributed by atoms with Crippen molar-refractivity contribution in [1.82, 2.24) is 9.88 Å². The van der Waals surface area contributed by atoms with Crippen LogP contribution >= 0.6 is 11.3 Å². The molecule has 0 spiro atoms. The van der Waals surface area contributed by atoms with Crippen molar-refractivity contribution in [3.05, 3.63) is 22.2 Å². The smallest absolute Gasteiger partial charge is 0.209 e. The number of nitrogens with zero attached hydrogens (tertiary/aromatic N) is 2. The molecule has 0 amide bonds. The van der Waals surface area contributed by atoms with E-state index in [1.807, 2.05) is 19.0 Å². The molecule has 1 heterocycles. The van der Waals surface area contributed by atoms with Crippen molar-refractivity contribution in [1.29, 1.82) is 0 Å². The van der Waals surface area contributed by atoms with Gasteiger partial charge in [-0.3, -0.25) is 9.59 Å². The molecule has 90 valence electrons. The van der Waals surface area contributed by atoms with Gasteiger partial charge >= 0.3 is 0 Å². The summed E-state index contributed by atoms with van der Waals surface area (Å²) in [4.78, 5) is 30.1. The van der Waals surface area contributed by atoms with Crippen LogP contribution in [-0.2, 0) is 0 Å². The third kappa shape index (κ3) is 2.27. The summed E-state index contributed by atoms with van der Waals surface area (Å²) in [6, 6.07) is 0. The van der Waals surface area contributed by atoms with Gasteiger partial charge in [-0.1, -0.05) is 11.3 Å². The van der Waals surface area contributed by atoms with E-state index in [-0.39, 0.29) is 22.4 Å². The molecule has 6 heteroatoms. The number of aromatic nitrogens is 1. The number of nitrogens with two attached hydrogens (primary N) is 1. The van der Waals surface area contributed by atoms with Gasteiger partial charge in [0, 0.05) is 12.1 Å². The average molecular weight is 251 g/mol. The van der Waals surface area contributed by atoms with Crippen molar-refractivity contribution < 1.29 is 9.59 Å². The molecule has 0 saturated carbocycles. The van der Waals surface area contributed by atoms with Crippen LogP contribution in [0.2, 0.25) is 0 Å². The van der Waals surface area contributed by atoms with Gasteiger partial charge in [-0.25, -0.2) is 4.98 Å². The van der Waals surface area contributed by atoms with Gasteiger partial charge in [-0.05, 0) is 26.6 Å². The SMILES string of the molecule is CN(C)CCC1=CC(=O)c2sc(N)nc2C1=O. The second-order valence-electron chi connectivity index (χ2n) is 4.15. The van der Waals surface area contributed by atoms with Crippen LogP contribution in [0.1, 0.15) is 26.6 Å². The van der Waals surface area contributed by atoms with Crippen LogP contribution in [0.5, 0.6) is 0 Å². The molecule has 0 radical (unpaired) electrons. The standard InChI is InChI=1S/C11H13N3O2S/c1-14(2)4-3-6-5-7(15)10-8(9(6)16)13-11(12)17-10/h5H,3-4H2,1-2H3,(H2,12,13). The molecule has 0 atom stereocenters. The topological polar surface area (TPSA) is 76.3 Å². The number of nitrogen functional groups attached to an aromatic ring is 1. The molecule has 2 N–H and O–H groups in total. The number of carbonyl (C=O) groups is 2. The Morgan fingerprint density at radius 2 is 2.12 bits per heavy atom. The van der Waals surface area contributed by atoms with Gasteiger partial charge in [-0.2, -0.15) is 0 Å². The monoisotopic (exact) mass is 251 g/mol. The number of fused-ring (bicyclic) bond motifs is 1. The number of rotatable bonds is 3. The predicted molar refractivity (Wildman–Crippen MR) is 66.4 cm³/mol. The fourth-order valence-electron chi connectivity index (χ4n) is 1.63. The summed E-state index contributed by atoms with van der Waals surface area (Å²) < 4.78 is 0. The van der Waals surface area contributed by atoms with Crippen molar-refractivity contribution in [2.45, 2.75) is 6.42 Å². The fraction of sp³-hybridized carbons (Fsp3) is 0.364. The molecule has 0 fully saturated rings. The van der Waals surface area contributed by atoms with Crippen molar-refractivity contribution in [2.24, 2.45) is 0 Å². The van der Waals surface area contributed by atoms with Gasteiger partial charge < -0.3 is 10.6 Å². The Bertz CT molecular complexity index is 517. The summed E-state index contributed by atoms with van der Waals surface area (Å²) in [6.07, 6.45) is 1.96. The lowest BCUT2D eigenvalue weighted by atomic mass is 9.96. The molecule has 0 bridgehead atoms. The maximum atomic E-state index is 12.0. The van der Waals surface area contributed by atoms with Crippen molar-refractivity contribution >= 4 is 28.0 Å². The van der Waals surface area contributed by atoms with Gasteiger partial charge in [0.1, 0.15) is 10.6 Å². The minimum Gasteiger partial charge on any atom is -0.375 e. The summed E-state index contributed by atoms with van der Waals surface area (Å²) in [5.41, 5.74) is 6.25. The van der Waals surface area contributed by atoms with Crippen LogP contribution < -0.4 is 5.73 Å². The Hall–Kier alpha value is -1.53. The number of allylic oxidation sites excluding steroid dienone is 1. The van der Waals surface area contributed by atoms with E-state index in [0.717, 1.165) is 17.9 Å². The van der Waals surface area contributed by atoms with Crippen LogP contribution in [0.15, 0.2) is 11.6 Å². The molecule has 0 saturated heterocycles. The highest BCUT2D eigenvalue weighted by molar-refractivity contribution is 7.17. The number of hydrogen-bond acceptors (Lipinski definition) is 6. The van der Waals surface area contributed by atoms with E-state index in [9.17, 15) is 9.59 Å². The lowest BCUT2D eigenvalue weighted by Gasteiger charge is -2.13. The Labute approximate surface area is 103 Å². The van der Waals surface area contributed by atoms with E-state index in [4.69, 9.17) is 5.73 Å². The molecule has 17 heavy (non-hydrogen) atoms. The molecule has 0 aromatic carbocycles. The molecule has 0 unspecified atom stereocenters.